The third kappa shape index (κ3) is 1.20. The Morgan fingerprint density at radius 1 is 1.20 bits per heavy atom. The van der Waals surface area contributed by atoms with E-state index < -0.39 is 15.7 Å². The minimum atomic E-state index is -2.55. The zero-order valence-corrected chi connectivity index (χ0v) is 7.45. The number of hydrogen-bond donors (Lipinski definition) is 0. The summed E-state index contributed by atoms with van der Waals surface area (Å²) in [7, 11) is 0. The molecule has 0 N–H and O–H groups in total. The van der Waals surface area contributed by atoms with Gasteiger partial charge in [0.15, 0.2) is 6.42 Å². The van der Waals surface area contributed by atoms with Gasteiger partial charge in [-0.15, -0.1) is 0 Å². The Labute approximate surface area is 83.6 Å². The molecule has 0 aliphatic carbocycles. The number of para-hydroxylation sites is 1. The van der Waals surface area contributed by atoms with Crippen LogP contribution in [0.3, 0.4) is 0 Å². The highest BCUT2D eigenvalue weighted by Crippen LogP contribution is 2.35. The van der Waals surface area contributed by atoms with Crippen molar-refractivity contribution in [2.24, 2.45) is 0 Å². The van der Waals surface area contributed by atoms with Gasteiger partial charge in [-0.1, -0.05) is 18.2 Å². The van der Waals surface area contributed by atoms with Crippen molar-refractivity contribution in [2.75, 3.05) is 0 Å². The van der Waals surface area contributed by atoms with Gasteiger partial charge in [0.2, 0.25) is 0 Å². The highest BCUT2D eigenvalue weighted by Gasteiger charge is 2.64. The summed E-state index contributed by atoms with van der Waals surface area (Å²) in [5.74, 6) is -2.35. The number of ether oxygens (including phenoxy) is 1. The van der Waals surface area contributed by atoms with Gasteiger partial charge in [-0.05, 0) is 6.07 Å². The molecular weight excluding hydrogens is 204 g/mol. The fraction of sp³-hybridized carbons (Fsp3) is 0.250. The van der Waals surface area contributed by atoms with Gasteiger partial charge in [0.05, 0.1) is 0 Å². The summed E-state index contributed by atoms with van der Waals surface area (Å²) in [5.41, 5.74) is 0.478. The fourth-order valence-corrected chi connectivity index (χ4v) is 1.48. The van der Waals surface area contributed by atoms with E-state index in [1.807, 2.05) is 0 Å². The Hall–Kier alpha value is -2.18. The number of nitro groups is 2. The normalized spacial score (nSPS) is 16.5. The van der Waals surface area contributed by atoms with Crippen LogP contribution in [-0.4, -0.2) is 15.7 Å². The molecule has 1 aliphatic rings. The predicted octanol–water partition coefficient (Wildman–Crippen LogP) is 0.829. The SMILES string of the molecule is O=[N+]([O-])C1([N+](=O)[O-])Cc2ccccc2O1. The molecule has 7 heteroatoms. The third-order valence-electron chi connectivity index (χ3n) is 2.24. The standard InChI is InChI=1S/C8H6N2O5/c11-9(12)8(10(13)14)5-6-3-1-2-4-7(6)15-8/h1-4H,5H2. The summed E-state index contributed by atoms with van der Waals surface area (Å²) in [6.45, 7) is 0. The molecule has 0 saturated carbocycles. The molecule has 78 valence electrons. The Kier molecular flexibility index (Phi) is 1.82. The van der Waals surface area contributed by atoms with E-state index in [0.717, 1.165) is 0 Å². The van der Waals surface area contributed by atoms with Crippen LogP contribution in [0.1, 0.15) is 5.56 Å². The van der Waals surface area contributed by atoms with Crippen LogP contribution in [0.15, 0.2) is 24.3 Å². The van der Waals surface area contributed by atoms with Crippen LogP contribution in [0.4, 0.5) is 0 Å². The summed E-state index contributed by atoms with van der Waals surface area (Å²) >= 11 is 0. The lowest BCUT2D eigenvalue weighted by Crippen LogP contribution is -2.50. The first-order chi connectivity index (χ1) is 7.06. The summed E-state index contributed by atoms with van der Waals surface area (Å²) in [6, 6.07) is 6.31. The van der Waals surface area contributed by atoms with Crippen LogP contribution in [-0.2, 0) is 6.42 Å². The van der Waals surface area contributed by atoms with Crippen LogP contribution in [0.2, 0.25) is 0 Å². The molecule has 0 bridgehead atoms. The van der Waals surface area contributed by atoms with Crippen molar-refractivity contribution in [3.05, 3.63) is 50.1 Å². The minimum Gasteiger partial charge on any atom is -0.370 e. The second kappa shape index (κ2) is 2.91. The lowest BCUT2D eigenvalue weighted by molar-refractivity contribution is -0.836. The van der Waals surface area contributed by atoms with Gasteiger partial charge in [0.1, 0.15) is 15.6 Å². The zero-order chi connectivity index (χ0) is 11.1. The van der Waals surface area contributed by atoms with Gasteiger partial charge in [-0.2, -0.15) is 0 Å². The van der Waals surface area contributed by atoms with Crippen molar-refractivity contribution in [1.82, 2.24) is 0 Å². The summed E-state index contributed by atoms with van der Waals surface area (Å²) < 4.78 is 4.82. The molecule has 7 nitrogen and oxygen atoms in total. The Morgan fingerprint density at radius 2 is 1.80 bits per heavy atom. The smallest absolute Gasteiger partial charge is 0.370 e. The van der Waals surface area contributed by atoms with Gasteiger partial charge >= 0.3 is 5.85 Å². The van der Waals surface area contributed by atoms with E-state index in [0.29, 0.717) is 5.56 Å². The van der Waals surface area contributed by atoms with Crippen molar-refractivity contribution in [1.29, 1.82) is 0 Å². The second-order valence-corrected chi connectivity index (χ2v) is 3.14. The van der Waals surface area contributed by atoms with Crippen molar-refractivity contribution in [3.63, 3.8) is 0 Å². The Morgan fingerprint density at radius 3 is 2.33 bits per heavy atom. The summed E-state index contributed by atoms with van der Waals surface area (Å²) in [4.78, 5) is 19.3. The molecule has 2 rings (SSSR count). The quantitative estimate of drug-likeness (QED) is 0.409. The monoisotopic (exact) mass is 210 g/mol. The number of hydrogen-bond acceptors (Lipinski definition) is 5. The third-order valence-corrected chi connectivity index (χ3v) is 2.24. The summed E-state index contributed by atoms with van der Waals surface area (Å²) in [6.07, 6.45) is -0.344. The first-order valence-corrected chi connectivity index (χ1v) is 4.12. The minimum absolute atomic E-state index is 0.200. The molecule has 0 spiro atoms. The van der Waals surface area contributed by atoms with Crippen LogP contribution in [0.25, 0.3) is 0 Å². The van der Waals surface area contributed by atoms with E-state index >= 15 is 0 Å². The highest BCUT2D eigenvalue weighted by molar-refractivity contribution is 5.37. The number of benzene rings is 1. The lowest BCUT2D eigenvalue weighted by atomic mass is 10.1. The number of rotatable bonds is 2. The molecule has 1 aromatic carbocycles. The van der Waals surface area contributed by atoms with Crippen LogP contribution < -0.4 is 4.74 Å². The molecule has 0 amide bonds. The molecule has 1 aliphatic heterocycles. The number of nitrogens with zero attached hydrogens (tertiary/aromatic N) is 2. The van der Waals surface area contributed by atoms with E-state index in [2.05, 4.69) is 0 Å². The Bertz CT molecular complexity index is 403. The van der Waals surface area contributed by atoms with E-state index in [1.165, 1.54) is 6.07 Å². The van der Waals surface area contributed by atoms with E-state index in [9.17, 15) is 20.2 Å². The topological polar surface area (TPSA) is 95.5 Å². The maximum Gasteiger partial charge on any atom is 0.624 e. The van der Waals surface area contributed by atoms with E-state index in [1.54, 1.807) is 18.2 Å². The molecule has 0 atom stereocenters. The zero-order valence-electron chi connectivity index (χ0n) is 7.45. The van der Waals surface area contributed by atoms with Gasteiger partial charge in [-0.3, -0.25) is 20.2 Å². The first-order valence-electron chi connectivity index (χ1n) is 4.12. The average molecular weight is 210 g/mol. The van der Waals surface area contributed by atoms with E-state index in [-0.39, 0.29) is 12.2 Å². The molecule has 0 aromatic heterocycles. The van der Waals surface area contributed by atoms with Crippen molar-refractivity contribution >= 4 is 0 Å². The molecule has 0 fully saturated rings. The second-order valence-electron chi connectivity index (χ2n) is 3.14. The molecule has 0 unspecified atom stereocenters. The lowest BCUT2D eigenvalue weighted by Gasteiger charge is -2.09. The molecule has 15 heavy (non-hydrogen) atoms. The van der Waals surface area contributed by atoms with Crippen molar-refractivity contribution in [3.8, 4) is 5.75 Å². The summed E-state index contributed by atoms with van der Waals surface area (Å²) in [5, 5.41) is 21.3. The van der Waals surface area contributed by atoms with Crippen molar-refractivity contribution < 1.29 is 14.6 Å². The molecule has 1 aromatic rings. The maximum absolute atomic E-state index is 10.7. The van der Waals surface area contributed by atoms with Crippen LogP contribution in [0.5, 0.6) is 5.75 Å². The van der Waals surface area contributed by atoms with Crippen molar-refractivity contribution in [2.45, 2.75) is 12.3 Å². The van der Waals surface area contributed by atoms with Gasteiger partial charge in [-0.25, -0.2) is 0 Å². The highest BCUT2D eigenvalue weighted by atomic mass is 16.8. The van der Waals surface area contributed by atoms with Crippen LogP contribution in [0, 0.1) is 20.2 Å². The Balaban J connectivity index is 2.45. The maximum atomic E-state index is 10.7. The molecule has 0 saturated heterocycles. The largest absolute Gasteiger partial charge is 0.624 e. The first kappa shape index (κ1) is 9.38. The fourth-order valence-electron chi connectivity index (χ4n) is 1.48. The van der Waals surface area contributed by atoms with Gasteiger partial charge < -0.3 is 4.74 Å². The van der Waals surface area contributed by atoms with Gasteiger partial charge in [0, 0.05) is 5.56 Å². The van der Waals surface area contributed by atoms with Crippen LogP contribution >= 0.6 is 0 Å². The predicted molar refractivity (Wildman–Crippen MR) is 47.5 cm³/mol. The van der Waals surface area contributed by atoms with Gasteiger partial charge in [0.25, 0.3) is 0 Å². The average Bonchev–Trinajstić information content (AvgIpc) is 2.57. The molecular formula is C8H6N2O5. The number of fused-ring (bicyclic) bond motifs is 1. The van der Waals surface area contributed by atoms with E-state index in [4.69, 9.17) is 4.74 Å². The molecule has 1 heterocycles. The molecule has 0 radical (unpaired) electrons.